The molecule has 1 aromatic carbocycles. The maximum absolute atomic E-state index is 13.5. The molecule has 11 heteroatoms. The summed E-state index contributed by atoms with van der Waals surface area (Å²) in [7, 11) is 1.66. The molecule has 3 aromatic heterocycles. The third-order valence-corrected chi connectivity index (χ3v) is 6.00. The number of nitrogens with zero attached hydrogens (tertiary/aromatic N) is 6. The first kappa shape index (κ1) is 22.1. The third-order valence-electron chi connectivity index (χ3n) is 6.00. The number of alkyl halides is 3. The Kier molecular flexibility index (Phi) is 5.14. The number of aryl methyl sites for hydroxylation is 2. The Balaban J connectivity index is 1.38. The molecule has 0 N–H and O–H groups in total. The van der Waals surface area contributed by atoms with Gasteiger partial charge in [-0.3, -0.25) is 9.48 Å². The minimum absolute atomic E-state index is 0.127. The Hall–Kier alpha value is -3.76. The average Bonchev–Trinajstić information content (AvgIpc) is 3.50. The van der Waals surface area contributed by atoms with Gasteiger partial charge in [-0.15, -0.1) is 0 Å². The molecular formula is C23H20F4N6O. The second kappa shape index (κ2) is 7.93. The second-order valence-electron chi connectivity index (χ2n) is 8.40. The number of carbonyl (C=O) groups is 1. The predicted molar refractivity (Wildman–Crippen MR) is 115 cm³/mol. The molecule has 1 atom stereocenters. The van der Waals surface area contributed by atoms with E-state index in [9.17, 15) is 22.4 Å². The molecule has 0 radical (unpaired) electrons. The van der Waals surface area contributed by atoms with Crippen LogP contribution in [0.15, 0.2) is 42.5 Å². The monoisotopic (exact) mass is 472 g/mol. The molecule has 1 unspecified atom stereocenters. The number of carbonyl (C=O) groups excluding carboxylic acids is 1. The van der Waals surface area contributed by atoms with E-state index in [0.717, 1.165) is 10.6 Å². The van der Waals surface area contributed by atoms with Crippen molar-refractivity contribution in [3.05, 3.63) is 71.1 Å². The van der Waals surface area contributed by atoms with Gasteiger partial charge < -0.3 is 4.90 Å². The molecule has 34 heavy (non-hydrogen) atoms. The SMILES string of the molecule is Cc1cc(C(F)(F)F)n2nc(C3CCN(C(=O)c4cc(-c5ccc(F)cc5)nn4C)C3)cc2n1. The van der Waals surface area contributed by atoms with Gasteiger partial charge in [0.2, 0.25) is 0 Å². The number of halogens is 4. The van der Waals surface area contributed by atoms with Crippen molar-refractivity contribution in [3.63, 3.8) is 0 Å². The minimum atomic E-state index is -4.56. The van der Waals surface area contributed by atoms with E-state index in [2.05, 4.69) is 15.2 Å². The molecule has 1 fully saturated rings. The van der Waals surface area contributed by atoms with Gasteiger partial charge in [0.25, 0.3) is 5.91 Å². The van der Waals surface area contributed by atoms with E-state index >= 15 is 0 Å². The van der Waals surface area contributed by atoms with E-state index in [0.29, 0.717) is 42.2 Å². The second-order valence-corrected chi connectivity index (χ2v) is 8.40. The molecule has 0 saturated carbocycles. The highest BCUT2D eigenvalue weighted by atomic mass is 19.4. The highest BCUT2D eigenvalue weighted by molar-refractivity contribution is 5.94. The van der Waals surface area contributed by atoms with Crippen LogP contribution in [0.5, 0.6) is 0 Å². The number of rotatable bonds is 3. The summed E-state index contributed by atoms with van der Waals surface area (Å²) < 4.78 is 55.9. The molecule has 1 aliphatic heterocycles. The van der Waals surface area contributed by atoms with Crippen molar-refractivity contribution in [2.24, 2.45) is 7.05 Å². The lowest BCUT2D eigenvalue weighted by atomic mass is 10.1. The molecule has 1 amide bonds. The maximum atomic E-state index is 13.5. The normalized spacial score (nSPS) is 16.5. The number of benzene rings is 1. The number of hydrogen-bond donors (Lipinski definition) is 0. The summed E-state index contributed by atoms with van der Waals surface area (Å²) >= 11 is 0. The molecule has 1 saturated heterocycles. The summed E-state index contributed by atoms with van der Waals surface area (Å²) in [5.74, 6) is -0.810. The summed E-state index contributed by atoms with van der Waals surface area (Å²) in [5.41, 5.74) is 1.56. The molecule has 0 spiro atoms. The van der Waals surface area contributed by atoms with E-state index in [1.807, 2.05) is 0 Å². The highest BCUT2D eigenvalue weighted by Crippen LogP contribution is 2.33. The van der Waals surface area contributed by atoms with Crippen LogP contribution < -0.4 is 0 Å². The smallest absolute Gasteiger partial charge is 0.337 e. The molecule has 176 valence electrons. The zero-order chi connectivity index (χ0) is 24.2. The molecule has 5 rings (SSSR count). The quantitative estimate of drug-likeness (QED) is 0.419. The van der Waals surface area contributed by atoms with Crippen molar-refractivity contribution in [1.82, 2.24) is 29.3 Å². The first-order valence-corrected chi connectivity index (χ1v) is 10.6. The first-order chi connectivity index (χ1) is 16.1. The van der Waals surface area contributed by atoms with Crippen molar-refractivity contribution in [1.29, 1.82) is 0 Å². The van der Waals surface area contributed by atoms with Crippen LogP contribution in [-0.4, -0.2) is 48.3 Å². The predicted octanol–water partition coefficient (Wildman–Crippen LogP) is 4.23. The Labute approximate surface area is 191 Å². The van der Waals surface area contributed by atoms with Crippen LogP contribution in [0.1, 0.15) is 39.9 Å². The van der Waals surface area contributed by atoms with Crippen molar-refractivity contribution in [2.45, 2.75) is 25.4 Å². The molecule has 0 bridgehead atoms. The number of amides is 1. The van der Waals surface area contributed by atoms with Crippen molar-refractivity contribution in [2.75, 3.05) is 13.1 Å². The average molecular weight is 472 g/mol. The number of hydrogen-bond acceptors (Lipinski definition) is 4. The van der Waals surface area contributed by atoms with E-state index in [1.54, 1.807) is 36.2 Å². The number of aromatic nitrogens is 5. The van der Waals surface area contributed by atoms with Gasteiger partial charge >= 0.3 is 6.18 Å². The Morgan fingerprint density at radius 3 is 2.53 bits per heavy atom. The molecule has 7 nitrogen and oxygen atoms in total. The lowest BCUT2D eigenvalue weighted by Gasteiger charge is -2.15. The largest absolute Gasteiger partial charge is 0.433 e. The fourth-order valence-electron chi connectivity index (χ4n) is 4.30. The summed E-state index contributed by atoms with van der Waals surface area (Å²) in [4.78, 5) is 19.0. The number of fused-ring (bicyclic) bond motifs is 1. The maximum Gasteiger partial charge on any atom is 0.433 e. The van der Waals surface area contributed by atoms with Crippen LogP contribution in [0.2, 0.25) is 0 Å². The molecule has 4 heterocycles. The van der Waals surface area contributed by atoms with Crippen molar-refractivity contribution < 1.29 is 22.4 Å². The van der Waals surface area contributed by atoms with Gasteiger partial charge in [0.05, 0.1) is 11.4 Å². The van der Waals surface area contributed by atoms with Gasteiger partial charge in [-0.1, -0.05) is 0 Å². The topological polar surface area (TPSA) is 68.3 Å². The summed E-state index contributed by atoms with van der Waals surface area (Å²) in [6, 6.07) is 10.00. The molecular weight excluding hydrogens is 452 g/mol. The van der Waals surface area contributed by atoms with E-state index < -0.39 is 11.9 Å². The van der Waals surface area contributed by atoms with Gasteiger partial charge in [-0.05, 0) is 49.7 Å². The van der Waals surface area contributed by atoms with Crippen LogP contribution in [0.4, 0.5) is 17.6 Å². The van der Waals surface area contributed by atoms with Gasteiger partial charge in [0.15, 0.2) is 5.65 Å². The van der Waals surface area contributed by atoms with Crippen LogP contribution >= 0.6 is 0 Å². The van der Waals surface area contributed by atoms with Crippen molar-refractivity contribution in [3.8, 4) is 11.3 Å². The van der Waals surface area contributed by atoms with E-state index in [4.69, 9.17) is 0 Å². The molecule has 4 aromatic rings. The summed E-state index contributed by atoms with van der Waals surface area (Å²) in [6.07, 6.45) is -3.99. The minimum Gasteiger partial charge on any atom is -0.337 e. The zero-order valence-corrected chi connectivity index (χ0v) is 18.3. The number of likely N-dealkylation sites (tertiary alicyclic amines) is 1. The van der Waals surface area contributed by atoms with Crippen molar-refractivity contribution >= 4 is 11.6 Å². The highest BCUT2D eigenvalue weighted by Gasteiger charge is 2.36. The Morgan fingerprint density at radius 1 is 1.09 bits per heavy atom. The third kappa shape index (κ3) is 3.91. The summed E-state index contributed by atoms with van der Waals surface area (Å²) in [6.45, 7) is 2.26. The van der Waals surface area contributed by atoms with E-state index in [1.165, 1.54) is 23.7 Å². The van der Waals surface area contributed by atoms with Gasteiger partial charge in [0.1, 0.15) is 17.2 Å². The zero-order valence-electron chi connectivity index (χ0n) is 18.3. The van der Waals surface area contributed by atoms with Crippen LogP contribution in [-0.2, 0) is 13.2 Å². The lowest BCUT2D eigenvalue weighted by molar-refractivity contribution is -0.142. The van der Waals surface area contributed by atoms with Crippen LogP contribution in [0.3, 0.4) is 0 Å². The fraction of sp³-hybridized carbons (Fsp3) is 0.304. The van der Waals surface area contributed by atoms with Gasteiger partial charge in [0, 0.05) is 43.4 Å². The lowest BCUT2D eigenvalue weighted by Crippen LogP contribution is -2.30. The van der Waals surface area contributed by atoms with Gasteiger partial charge in [-0.2, -0.15) is 23.4 Å². The van der Waals surface area contributed by atoms with Crippen LogP contribution in [0, 0.1) is 12.7 Å². The summed E-state index contributed by atoms with van der Waals surface area (Å²) in [5, 5.41) is 8.55. The Morgan fingerprint density at radius 2 is 1.82 bits per heavy atom. The fourth-order valence-corrected chi connectivity index (χ4v) is 4.30. The van der Waals surface area contributed by atoms with E-state index in [-0.39, 0.29) is 29.0 Å². The van der Waals surface area contributed by atoms with Gasteiger partial charge in [-0.25, -0.2) is 13.9 Å². The molecule has 0 aliphatic carbocycles. The van der Waals surface area contributed by atoms with Crippen LogP contribution in [0.25, 0.3) is 16.9 Å². The Bertz CT molecular complexity index is 1390. The first-order valence-electron chi connectivity index (χ1n) is 10.6. The standard InChI is InChI=1S/C23H20F4N6O/c1-13-9-20(23(25,26)27)33-21(28-13)11-18(30-33)15-7-8-32(12-15)22(34)19-10-17(29-31(19)2)14-3-5-16(24)6-4-14/h3-6,9-11,15H,7-8,12H2,1-2H3. The molecule has 1 aliphatic rings.